The van der Waals surface area contributed by atoms with Crippen LogP contribution in [0.5, 0.6) is 0 Å². The Morgan fingerprint density at radius 2 is 1.76 bits per heavy atom. The summed E-state index contributed by atoms with van der Waals surface area (Å²) >= 11 is 18.9. The Balaban J connectivity index is 1.52. The fourth-order valence-corrected chi connectivity index (χ4v) is 5.91. The zero-order chi connectivity index (χ0) is 27.1. The SMILES string of the molecule is CC(Cc1nc2cc(Cl)ccc2c(=O)n1Cc1ccccc1)CC1(c2ccc(Cl)c(Cl)c2)NCC(C)(C)N1. The lowest BCUT2D eigenvalue weighted by atomic mass is 9.87. The maximum absolute atomic E-state index is 13.7. The molecule has 5 nitrogen and oxygen atoms in total. The van der Waals surface area contributed by atoms with Crippen molar-refractivity contribution in [2.24, 2.45) is 5.92 Å². The maximum atomic E-state index is 13.7. The van der Waals surface area contributed by atoms with Gasteiger partial charge in [-0.2, -0.15) is 0 Å². The van der Waals surface area contributed by atoms with E-state index in [9.17, 15) is 4.79 Å². The third kappa shape index (κ3) is 5.63. The van der Waals surface area contributed by atoms with Crippen LogP contribution in [0.25, 0.3) is 10.9 Å². The van der Waals surface area contributed by atoms with Gasteiger partial charge in [0.2, 0.25) is 0 Å². The molecule has 1 fully saturated rings. The summed E-state index contributed by atoms with van der Waals surface area (Å²) in [6, 6.07) is 21.0. The molecule has 38 heavy (non-hydrogen) atoms. The Labute approximate surface area is 238 Å². The van der Waals surface area contributed by atoms with Crippen LogP contribution in [0, 0.1) is 5.92 Å². The van der Waals surface area contributed by atoms with Crippen molar-refractivity contribution >= 4 is 45.7 Å². The van der Waals surface area contributed by atoms with Crippen molar-refractivity contribution in [3.8, 4) is 0 Å². The third-order valence-corrected chi connectivity index (χ3v) is 8.14. The monoisotopic (exact) mass is 568 g/mol. The molecule has 2 atom stereocenters. The average Bonchev–Trinajstić information content (AvgIpc) is 3.18. The van der Waals surface area contributed by atoms with E-state index in [0.717, 1.165) is 29.9 Å². The van der Waals surface area contributed by atoms with Gasteiger partial charge in [-0.3, -0.25) is 20.0 Å². The van der Waals surface area contributed by atoms with Gasteiger partial charge < -0.3 is 0 Å². The van der Waals surface area contributed by atoms with Crippen molar-refractivity contribution < 1.29 is 0 Å². The molecule has 0 amide bonds. The molecule has 198 valence electrons. The van der Waals surface area contributed by atoms with Crippen LogP contribution in [-0.2, 0) is 18.6 Å². The van der Waals surface area contributed by atoms with Gasteiger partial charge in [0, 0.05) is 23.5 Å². The van der Waals surface area contributed by atoms with Gasteiger partial charge in [0.25, 0.3) is 5.56 Å². The van der Waals surface area contributed by atoms with E-state index >= 15 is 0 Å². The minimum atomic E-state index is -0.498. The quantitative estimate of drug-likeness (QED) is 0.257. The standard InChI is InChI=1S/C30H31Cl3N4O/c1-19(16-30(34-18-29(2,3)36-30)21-9-12-24(32)25(33)14-21)13-27-35-26-15-22(31)10-11-23(26)28(38)37(27)17-20-7-5-4-6-8-20/h4-12,14-15,19,34,36H,13,16-18H2,1-3H3. The van der Waals surface area contributed by atoms with Gasteiger partial charge in [-0.15, -0.1) is 0 Å². The lowest BCUT2D eigenvalue weighted by molar-refractivity contribution is 0.241. The Hall–Kier alpha value is -2.41. The van der Waals surface area contributed by atoms with Crippen molar-refractivity contribution in [3.05, 3.63) is 109 Å². The van der Waals surface area contributed by atoms with Crippen LogP contribution >= 0.6 is 34.8 Å². The number of fused-ring (bicyclic) bond motifs is 1. The predicted molar refractivity (Wildman–Crippen MR) is 157 cm³/mol. The highest BCUT2D eigenvalue weighted by Gasteiger charge is 2.44. The molecule has 0 saturated carbocycles. The molecule has 8 heteroatoms. The highest BCUT2D eigenvalue weighted by Crippen LogP contribution is 2.36. The first-order chi connectivity index (χ1) is 18.1. The summed E-state index contributed by atoms with van der Waals surface area (Å²) in [6.45, 7) is 7.79. The van der Waals surface area contributed by atoms with E-state index in [1.165, 1.54) is 0 Å². The zero-order valence-corrected chi connectivity index (χ0v) is 24.0. The first kappa shape index (κ1) is 27.2. The molecule has 4 aromatic rings. The van der Waals surface area contributed by atoms with Crippen molar-refractivity contribution in [2.45, 2.75) is 51.4 Å². The molecule has 5 rings (SSSR count). The molecule has 2 unspecified atom stereocenters. The molecule has 1 aliphatic rings. The lowest BCUT2D eigenvalue weighted by Crippen LogP contribution is -2.50. The lowest BCUT2D eigenvalue weighted by Gasteiger charge is -2.35. The Kier molecular flexibility index (Phi) is 7.60. The summed E-state index contributed by atoms with van der Waals surface area (Å²) in [4.78, 5) is 18.6. The minimum absolute atomic E-state index is 0.0600. The van der Waals surface area contributed by atoms with E-state index in [-0.39, 0.29) is 17.0 Å². The second-order valence-corrected chi connectivity index (χ2v) is 12.2. The summed E-state index contributed by atoms with van der Waals surface area (Å²) in [6.07, 6.45) is 1.36. The molecular formula is C30H31Cl3N4O. The number of halogens is 3. The van der Waals surface area contributed by atoms with Crippen LogP contribution < -0.4 is 16.2 Å². The molecule has 0 aliphatic carbocycles. The number of benzene rings is 3. The smallest absolute Gasteiger partial charge is 0.261 e. The molecule has 0 radical (unpaired) electrons. The van der Waals surface area contributed by atoms with Crippen molar-refractivity contribution in [1.29, 1.82) is 0 Å². The van der Waals surface area contributed by atoms with Crippen LogP contribution in [0.15, 0.2) is 71.5 Å². The van der Waals surface area contributed by atoms with Crippen molar-refractivity contribution in [2.75, 3.05) is 6.54 Å². The molecule has 3 aromatic carbocycles. The summed E-state index contributed by atoms with van der Waals surface area (Å²) in [5, 5.41) is 9.71. The van der Waals surface area contributed by atoms with E-state index in [0.29, 0.717) is 38.9 Å². The Morgan fingerprint density at radius 3 is 2.45 bits per heavy atom. The van der Waals surface area contributed by atoms with E-state index in [2.05, 4.69) is 31.4 Å². The third-order valence-electron chi connectivity index (χ3n) is 7.16. The van der Waals surface area contributed by atoms with Crippen molar-refractivity contribution in [1.82, 2.24) is 20.2 Å². The van der Waals surface area contributed by atoms with E-state index < -0.39 is 5.66 Å². The normalized spacial score (nSPS) is 19.6. The highest BCUT2D eigenvalue weighted by molar-refractivity contribution is 6.42. The molecule has 1 aromatic heterocycles. The van der Waals surface area contributed by atoms with Crippen LogP contribution in [0.2, 0.25) is 15.1 Å². The predicted octanol–water partition coefficient (Wildman–Crippen LogP) is 6.80. The number of rotatable bonds is 7. The molecule has 2 heterocycles. The first-order valence-corrected chi connectivity index (χ1v) is 13.9. The summed E-state index contributed by atoms with van der Waals surface area (Å²) in [5.74, 6) is 0.895. The first-order valence-electron chi connectivity index (χ1n) is 12.8. The number of hydrogen-bond acceptors (Lipinski definition) is 4. The minimum Gasteiger partial charge on any atom is -0.294 e. The van der Waals surface area contributed by atoms with Gasteiger partial charge in [-0.25, -0.2) is 4.98 Å². The molecule has 0 spiro atoms. The molecule has 0 bridgehead atoms. The summed E-state index contributed by atoms with van der Waals surface area (Å²) in [5.41, 5.74) is 2.03. The number of aromatic nitrogens is 2. The fraction of sp³-hybridized carbons (Fsp3) is 0.333. The van der Waals surface area contributed by atoms with E-state index in [1.807, 2.05) is 48.5 Å². The van der Waals surface area contributed by atoms with Gasteiger partial charge in [0.1, 0.15) is 5.82 Å². The van der Waals surface area contributed by atoms with Crippen LogP contribution in [0.1, 0.15) is 44.1 Å². The van der Waals surface area contributed by atoms with Gasteiger partial charge in [-0.05, 0) is 67.6 Å². The topological polar surface area (TPSA) is 59.0 Å². The molecule has 1 saturated heterocycles. The van der Waals surface area contributed by atoms with Gasteiger partial charge in [-0.1, -0.05) is 78.1 Å². The van der Waals surface area contributed by atoms with Gasteiger partial charge in [0.05, 0.1) is 33.2 Å². The Morgan fingerprint density at radius 1 is 1.00 bits per heavy atom. The fourth-order valence-electron chi connectivity index (χ4n) is 5.45. The summed E-state index contributed by atoms with van der Waals surface area (Å²) in [7, 11) is 0. The van der Waals surface area contributed by atoms with Gasteiger partial charge >= 0.3 is 0 Å². The number of hydrogen-bond donors (Lipinski definition) is 2. The molecule has 2 N–H and O–H groups in total. The highest BCUT2D eigenvalue weighted by atomic mass is 35.5. The largest absolute Gasteiger partial charge is 0.294 e. The average molecular weight is 570 g/mol. The molecular weight excluding hydrogens is 539 g/mol. The number of nitrogens with zero attached hydrogens (tertiary/aromatic N) is 2. The van der Waals surface area contributed by atoms with Gasteiger partial charge in [0.15, 0.2) is 0 Å². The number of nitrogens with one attached hydrogen (secondary N) is 2. The summed E-state index contributed by atoms with van der Waals surface area (Å²) < 4.78 is 1.80. The maximum Gasteiger partial charge on any atom is 0.261 e. The van der Waals surface area contributed by atoms with Crippen LogP contribution in [0.3, 0.4) is 0 Å². The second-order valence-electron chi connectivity index (χ2n) is 11.0. The van der Waals surface area contributed by atoms with E-state index in [4.69, 9.17) is 39.8 Å². The van der Waals surface area contributed by atoms with E-state index in [1.54, 1.807) is 22.8 Å². The van der Waals surface area contributed by atoms with Crippen LogP contribution in [-0.4, -0.2) is 21.6 Å². The zero-order valence-electron chi connectivity index (χ0n) is 21.7. The molecule has 1 aliphatic heterocycles. The van der Waals surface area contributed by atoms with Crippen LogP contribution in [0.4, 0.5) is 0 Å². The van der Waals surface area contributed by atoms with Crippen molar-refractivity contribution in [3.63, 3.8) is 0 Å². The Bertz CT molecular complexity index is 1540. The second kappa shape index (κ2) is 10.6.